The lowest BCUT2D eigenvalue weighted by Gasteiger charge is -2.31. The lowest BCUT2D eigenvalue weighted by molar-refractivity contribution is 0.394. The molecule has 2 aliphatic carbocycles. The maximum absolute atomic E-state index is 2.55. The Morgan fingerprint density at radius 1 is 0.511 bits per heavy atom. The maximum atomic E-state index is 2.55. The summed E-state index contributed by atoms with van der Waals surface area (Å²) in [4.78, 5) is 0. The Balaban J connectivity index is 1.16. The lowest BCUT2D eigenvalue weighted by Crippen LogP contribution is -2.25. The molecule has 0 N–H and O–H groups in total. The fourth-order valence-corrected chi connectivity index (χ4v) is 8.76. The predicted molar refractivity (Wildman–Crippen MR) is 198 cm³/mol. The number of para-hydroxylation sites is 3. The van der Waals surface area contributed by atoms with E-state index in [1.54, 1.807) is 0 Å². The second-order valence-electron chi connectivity index (χ2n) is 13.8. The van der Waals surface area contributed by atoms with E-state index in [1.807, 2.05) is 0 Å². The number of fused-ring (bicyclic) bond motifs is 9. The van der Waals surface area contributed by atoms with E-state index in [2.05, 4.69) is 181 Å². The summed E-state index contributed by atoms with van der Waals surface area (Å²) in [5.74, 6) is 0.821. The van der Waals surface area contributed by atoms with E-state index in [0.29, 0.717) is 11.8 Å². The summed E-state index contributed by atoms with van der Waals surface area (Å²) < 4.78 is 4.88. The zero-order valence-corrected chi connectivity index (χ0v) is 26.6. The van der Waals surface area contributed by atoms with Gasteiger partial charge in [0.05, 0.1) is 22.1 Å². The first-order valence-corrected chi connectivity index (χ1v) is 16.7. The van der Waals surface area contributed by atoms with E-state index in [-0.39, 0.29) is 5.41 Å². The molecule has 2 heterocycles. The van der Waals surface area contributed by atoms with Crippen molar-refractivity contribution in [2.75, 3.05) is 0 Å². The topological polar surface area (TPSA) is 9.86 Å². The second kappa shape index (κ2) is 9.70. The van der Waals surface area contributed by atoms with Crippen molar-refractivity contribution < 1.29 is 0 Å². The molecule has 0 amide bonds. The van der Waals surface area contributed by atoms with Crippen LogP contribution >= 0.6 is 0 Å². The van der Waals surface area contributed by atoms with E-state index in [0.717, 1.165) is 0 Å². The molecule has 0 saturated heterocycles. The van der Waals surface area contributed by atoms with Gasteiger partial charge in [-0.1, -0.05) is 123 Å². The van der Waals surface area contributed by atoms with Gasteiger partial charge in [0.2, 0.25) is 0 Å². The van der Waals surface area contributed by atoms with Gasteiger partial charge >= 0.3 is 0 Å². The first-order valence-electron chi connectivity index (χ1n) is 16.7. The van der Waals surface area contributed by atoms with E-state index in [9.17, 15) is 0 Å². The molecule has 8 aromatic rings. The molecule has 224 valence electrons. The van der Waals surface area contributed by atoms with Crippen LogP contribution in [0.25, 0.3) is 66.1 Å². The molecule has 0 bridgehead atoms. The van der Waals surface area contributed by atoms with E-state index in [4.69, 9.17) is 0 Å². The molecule has 2 aliphatic rings. The summed E-state index contributed by atoms with van der Waals surface area (Å²) in [6.07, 6.45) is 7.37. The molecule has 0 aliphatic heterocycles. The molecule has 2 nitrogen and oxygen atoms in total. The summed E-state index contributed by atoms with van der Waals surface area (Å²) in [5, 5.41) is 5.13. The summed E-state index contributed by atoms with van der Waals surface area (Å²) in [5.41, 5.74) is 12.9. The Kier molecular flexibility index (Phi) is 5.49. The molecular formula is C45H34N2. The van der Waals surface area contributed by atoms with Crippen LogP contribution in [-0.4, -0.2) is 9.13 Å². The molecule has 10 rings (SSSR count). The fourth-order valence-electron chi connectivity index (χ4n) is 8.76. The van der Waals surface area contributed by atoms with Gasteiger partial charge in [-0.15, -0.1) is 0 Å². The van der Waals surface area contributed by atoms with Gasteiger partial charge in [0.25, 0.3) is 0 Å². The molecule has 6 aromatic carbocycles. The highest BCUT2D eigenvalue weighted by Crippen LogP contribution is 2.54. The van der Waals surface area contributed by atoms with Crippen molar-refractivity contribution in [2.45, 2.75) is 25.2 Å². The Labute approximate surface area is 274 Å². The molecule has 0 saturated carbocycles. The number of nitrogens with zero attached hydrogens (tertiary/aromatic N) is 2. The van der Waals surface area contributed by atoms with Crippen LogP contribution in [-0.2, 0) is 5.41 Å². The number of benzene rings is 6. The number of hydrogen-bond acceptors (Lipinski definition) is 0. The van der Waals surface area contributed by atoms with Crippen molar-refractivity contribution in [3.8, 4) is 16.8 Å². The van der Waals surface area contributed by atoms with Crippen molar-refractivity contribution >= 4 is 49.3 Å². The van der Waals surface area contributed by atoms with Gasteiger partial charge in [-0.05, 0) is 82.1 Å². The summed E-state index contributed by atoms with van der Waals surface area (Å²) in [6, 6.07) is 51.3. The molecular weight excluding hydrogens is 569 g/mol. The smallest absolute Gasteiger partial charge is 0.0547 e. The molecule has 2 aromatic heterocycles. The average molecular weight is 603 g/mol. The van der Waals surface area contributed by atoms with E-state index >= 15 is 0 Å². The number of allylic oxidation sites excluding steroid dienone is 4. The van der Waals surface area contributed by atoms with Crippen molar-refractivity contribution in [1.29, 1.82) is 0 Å². The van der Waals surface area contributed by atoms with Gasteiger partial charge in [0.1, 0.15) is 0 Å². The summed E-state index contributed by atoms with van der Waals surface area (Å²) in [7, 11) is 0. The van der Waals surface area contributed by atoms with Gasteiger partial charge in [-0.2, -0.15) is 0 Å². The molecule has 2 unspecified atom stereocenters. The van der Waals surface area contributed by atoms with E-state index < -0.39 is 0 Å². The minimum absolute atomic E-state index is 0.0650. The first-order chi connectivity index (χ1) is 23.1. The highest BCUT2D eigenvalue weighted by Gasteiger charge is 2.45. The lowest BCUT2D eigenvalue weighted by atomic mass is 9.74. The van der Waals surface area contributed by atoms with Gasteiger partial charge in [-0.3, -0.25) is 0 Å². The third kappa shape index (κ3) is 3.73. The van der Waals surface area contributed by atoms with Gasteiger partial charge < -0.3 is 9.13 Å². The van der Waals surface area contributed by atoms with Crippen LogP contribution in [0, 0.1) is 5.92 Å². The second-order valence-corrected chi connectivity index (χ2v) is 13.8. The molecule has 2 atom stereocenters. The third-order valence-corrected chi connectivity index (χ3v) is 11.0. The quantitative estimate of drug-likeness (QED) is 0.190. The van der Waals surface area contributed by atoms with Crippen LogP contribution in [0.1, 0.15) is 30.9 Å². The standard InChI is InChI=1S/C45H34N2/c1-45(2)39-17-9-6-14-33(39)34-24-22-32(28-40(34)45)47-41-18-10-7-15-35(41)37-23-20-30(27-44(37)47)29-21-25-43-38(26-29)36-16-8-11-19-42(36)46(43)31-12-4-3-5-13-31/h3-28,34,40H,1-2H3. The molecule has 0 spiro atoms. The average Bonchev–Trinajstić information content (AvgIpc) is 3.71. The molecule has 0 radical (unpaired) electrons. The summed E-state index contributed by atoms with van der Waals surface area (Å²) in [6.45, 7) is 4.83. The van der Waals surface area contributed by atoms with Crippen molar-refractivity contribution in [3.63, 3.8) is 0 Å². The molecule has 0 fully saturated rings. The molecule has 2 heteroatoms. The van der Waals surface area contributed by atoms with Crippen LogP contribution in [0.5, 0.6) is 0 Å². The Morgan fingerprint density at radius 2 is 1.13 bits per heavy atom. The SMILES string of the molecule is CC1(C)c2ccccc2C2C=CC(n3c4ccccc4c4ccc(-c5ccc6c(c5)c5ccccc5n6-c5ccccc5)cc43)=CC21. The number of aromatic nitrogens is 2. The normalized spacial score (nSPS) is 18.2. The fraction of sp³-hybridized carbons (Fsp3) is 0.111. The zero-order chi connectivity index (χ0) is 31.3. The summed E-state index contributed by atoms with van der Waals surface area (Å²) >= 11 is 0. The first kappa shape index (κ1) is 26.6. The Morgan fingerprint density at radius 3 is 1.96 bits per heavy atom. The van der Waals surface area contributed by atoms with Crippen molar-refractivity contribution in [1.82, 2.24) is 9.13 Å². The van der Waals surface area contributed by atoms with Gasteiger partial charge in [0.15, 0.2) is 0 Å². The largest absolute Gasteiger partial charge is 0.310 e. The van der Waals surface area contributed by atoms with Crippen molar-refractivity contribution in [3.05, 3.63) is 169 Å². The van der Waals surface area contributed by atoms with Gasteiger partial charge in [0, 0.05) is 38.8 Å². The predicted octanol–water partition coefficient (Wildman–Crippen LogP) is 11.7. The molecule has 47 heavy (non-hydrogen) atoms. The van der Waals surface area contributed by atoms with Crippen LogP contribution < -0.4 is 0 Å². The van der Waals surface area contributed by atoms with Crippen LogP contribution in [0.3, 0.4) is 0 Å². The highest BCUT2D eigenvalue weighted by molar-refractivity contribution is 6.13. The van der Waals surface area contributed by atoms with Crippen molar-refractivity contribution in [2.24, 2.45) is 5.92 Å². The van der Waals surface area contributed by atoms with E-state index in [1.165, 1.54) is 77.2 Å². The van der Waals surface area contributed by atoms with Gasteiger partial charge in [-0.25, -0.2) is 0 Å². The monoisotopic (exact) mass is 602 g/mol. The minimum Gasteiger partial charge on any atom is -0.310 e. The van der Waals surface area contributed by atoms with Crippen LogP contribution in [0.2, 0.25) is 0 Å². The van der Waals surface area contributed by atoms with Crippen LogP contribution in [0.4, 0.5) is 0 Å². The Bertz CT molecular complexity index is 2610. The minimum atomic E-state index is 0.0650. The number of rotatable bonds is 3. The Hall–Kier alpha value is -5.60. The highest BCUT2D eigenvalue weighted by atomic mass is 15.0. The van der Waals surface area contributed by atoms with Crippen LogP contribution in [0.15, 0.2) is 158 Å². The number of hydrogen-bond donors (Lipinski definition) is 0. The zero-order valence-electron chi connectivity index (χ0n) is 26.6. The third-order valence-electron chi connectivity index (χ3n) is 11.0. The maximum Gasteiger partial charge on any atom is 0.0547 e.